The van der Waals surface area contributed by atoms with Crippen molar-refractivity contribution in [3.8, 4) is 0 Å². The van der Waals surface area contributed by atoms with E-state index in [2.05, 4.69) is 0 Å². The fourth-order valence-corrected chi connectivity index (χ4v) is 3.86. The summed E-state index contributed by atoms with van der Waals surface area (Å²) in [5.74, 6) is 0.751. The second-order valence-corrected chi connectivity index (χ2v) is 7.96. The highest BCUT2D eigenvalue weighted by Crippen LogP contribution is 2.36. The van der Waals surface area contributed by atoms with Crippen LogP contribution in [-0.2, 0) is 15.3 Å². The molecule has 0 saturated carbocycles. The van der Waals surface area contributed by atoms with Crippen molar-refractivity contribution in [2.24, 2.45) is 0 Å². The van der Waals surface area contributed by atoms with Gasteiger partial charge in [0.25, 0.3) is 0 Å². The van der Waals surface area contributed by atoms with E-state index in [4.69, 9.17) is 34.8 Å². The van der Waals surface area contributed by atoms with Crippen LogP contribution in [0.3, 0.4) is 0 Å². The summed E-state index contributed by atoms with van der Waals surface area (Å²) in [6.45, 7) is 0. The minimum atomic E-state index is -2.97. The molecule has 0 heterocycles. The van der Waals surface area contributed by atoms with Gasteiger partial charge in [0.05, 0.1) is 0 Å². The molecule has 0 unspecified atom stereocenters. The summed E-state index contributed by atoms with van der Waals surface area (Å²) in [7, 11) is -2.97. The molecule has 6 heteroatoms. The van der Waals surface area contributed by atoms with Crippen molar-refractivity contribution in [1.82, 2.24) is 0 Å². The number of halogens is 3. The first-order valence-electron chi connectivity index (χ1n) is 5.89. The molecular formula is C13H17Cl3O2S. The van der Waals surface area contributed by atoms with E-state index in [9.17, 15) is 8.42 Å². The molecule has 108 valence electrons. The molecule has 0 bridgehead atoms. The predicted molar refractivity (Wildman–Crippen MR) is 83.5 cm³/mol. The first-order chi connectivity index (χ1) is 8.84. The molecule has 0 aliphatic carbocycles. The Morgan fingerprint density at radius 1 is 1.16 bits per heavy atom. The van der Waals surface area contributed by atoms with Gasteiger partial charge in [0.2, 0.25) is 0 Å². The normalized spacial score (nSPS) is 12.6. The second kappa shape index (κ2) is 7.16. The maximum atomic E-state index is 11.2. The zero-order valence-electron chi connectivity index (χ0n) is 10.7. The smallest absolute Gasteiger partial charge is 0.147 e. The van der Waals surface area contributed by atoms with E-state index in [-0.39, 0.29) is 5.75 Å². The molecule has 0 N–H and O–H groups in total. The number of benzene rings is 1. The summed E-state index contributed by atoms with van der Waals surface area (Å²) in [6, 6.07) is 7.41. The molecule has 0 radical (unpaired) electrons. The average molecular weight is 344 g/mol. The number of alkyl halides is 2. The van der Waals surface area contributed by atoms with Gasteiger partial charge in [-0.05, 0) is 24.5 Å². The zero-order chi connectivity index (χ0) is 14.5. The van der Waals surface area contributed by atoms with Gasteiger partial charge in [-0.3, -0.25) is 0 Å². The molecule has 1 aromatic rings. The third-order valence-electron chi connectivity index (χ3n) is 3.13. The van der Waals surface area contributed by atoms with Crippen molar-refractivity contribution in [3.05, 3.63) is 34.9 Å². The van der Waals surface area contributed by atoms with E-state index in [1.165, 1.54) is 6.26 Å². The Morgan fingerprint density at radius 3 is 2.21 bits per heavy atom. The summed E-state index contributed by atoms with van der Waals surface area (Å²) in [5.41, 5.74) is 0.404. The molecule has 19 heavy (non-hydrogen) atoms. The van der Waals surface area contributed by atoms with Crippen LogP contribution in [-0.4, -0.2) is 32.2 Å². The zero-order valence-corrected chi connectivity index (χ0v) is 13.8. The van der Waals surface area contributed by atoms with E-state index >= 15 is 0 Å². The van der Waals surface area contributed by atoms with Crippen LogP contribution in [0.25, 0.3) is 0 Å². The van der Waals surface area contributed by atoms with Crippen molar-refractivity contribution < 1.29 is 8.42 Å². The summed E-state index contributed by atoms with van der Waals surface area (Å²) in [6.07, 6.45) is 2.34. The lowest BCUT2D eigenvalue weighted by atomic mass is 9.80. The third-order valence-corrected chi connectivity index (χ3v) is 5.51. The second-order valence-electron chi connectivity index (χ2n) is 4.76. The Morgan fingerprint density at radius 2 is 1.74 bits per heavy atom. The molecule has 1 aromatic carbocycles. The van der Waals surface area contributed by atoms with Gasteiger partial charge < -0.3 is 0 Å². The largest absolute Gasteiger partial charge is 0.229 e. The molecule has 0 spiro atoms. The molecule has 0 amide bonds. The van der Waals surface area contributed by atoms with Gasteiger partial charge in [0.15, 0.2) is 0 Å². The molecule has 1 rings (SSSR count). The maximum Gasteiger partial charge on any atom is 0.147 e. The Hall–Kier alpha value is 0.0400. The molecule has 0 saturated heterocycles. The van der Waals surface area contributed by atoms with Crippen molar-refractivity contribution in [1.29, 1.82) is 0 Å². The Labute approximate surface area is 130 Å². The summed E-state index contributed by atoms with van der Waals surface area (Å²) in [4.78, 5) is 0. The first kappa shape index (κ1) is 17.1. The Balaban J connectivity index is 2.95. The van der Waals surface area contributed by atoms with Gasteiger partial charge in [-0.1, -0.05) is 29.8 Å². The molecule has 0 aliphatic heterocycles. The van der Waals surface area contributed by atoms with Crippen LogP contribution in [0, 0.1) is 0 Å². The lowest BCUT2D eigenvalue weighted by Gasteiger charge is -2.31. The van der Waals surface area contributed by atoms with Gasteiger partial charge in [-0.15, -0.1) is 23.2 Å². The van der Waals surface area contributed by atoms with Crippen LogP contribution in [0.4, 0.5) is 0 Å². The van der Waals surface area contributed by atoms with E-state index < -0.39 is 15.3 Å². The monoisotopic (exact) mass is 342 g/mol. The van der Waals surface area contributed by atoms with Gasteiger partial charge in [-0.25, -0.2) is 8.42 Å². The fraction of sp³-hybridized carbons (Fsp3) is 0.538. The number of rotatable bonds is 7. The van der Waals surface area contributed by atoms with Crippen molar-refractivity contribution in [2.45, 2.75) is 18.3 Å². The first-order valence-corrected chi connectivity index (χ1v) is 9.40. The van der Waals surface area contributed by atoms with Crippen LogP contribution in [0.2, 0.25) is 5.02 Å². The van der Waals surface area contributed by atoms with E-state index in [1.807, 2.05) is 18.2 Å². The van der Waals surface area contributed by atoms with Crippen molar-refractivity contribution in [2.75, 3.05) is 23.8 Å². The highest BCUT2D eigenvalue weighted by atomic mass is 35.5. The minimum Gasteiger partial charge on any atom is -0.229 e. The maximum absolute atomic E-state index is 11.2. The average Bonchev–Trinajstić information content (AvgIpc) is 2.35. The summed E-state index contributed by atoms with van der Waals surface area (Å²) >= 11 is 18.4. The van der Waals surface area contributed by atoms with Gasteiger partial charge >= 0.3 is 0 Å². The highest BCUT2D eigenvalue weighted by Gasteiger charge is 2.32. The summed E-state index contributed by atoms with van der Waals surface area (Å²) in [5, 5.41) is 0.614. The Kier molecular flexibility index (Phi) is 6.44. The Bertz CT molecular complexity index is 510. The lowest BCUT2D eigenvalue weighted by molar-refractivity contribution is 0.484. The van der Waals surface area contributed by atoms with E-state index in [1.54, 1.807) is 6.07 Å². The summed E-state index contributed by atoms with van der Waals surface area (Å²) < 4.78 is 22.4. The highest BCUT2D eigenvalue weighted by molar-refractivity contribution is 7.90. The van der Waals surface area contributed by atoms with E-state index in [0.29, 0.717) is 29.6 Å². The van der Waals surface area contributed by atoms with Gasteiger partial charge in [-0.2, -0.15) is 0 Å². The molecule has 2 nitrogen and oxygen atoms in total. The topological polar surface area (TPSA) is 34.1 Å². The van der Waals surface area contributed by atoms with Crippen LogP contribution >= 0.6 is 34.8 Å². The van der Waals surface area contributed by atoms with Crippen LogP contribution in [0.15, 0.2) is 24.3 Å². The predicted octanol–water partition coefficient (Wildman–Crippen LogP) is 3.88. The third kappa shape index (κ3) is 4.82. The quantitative estimate of drug-likeness (QED) is 0.704. The van der Waals surface area contributed by atoms with Gasteiger partial charge in [0.1, 0.15) is 9.84 Å². The molecular weight excluding hydrogens is 327 g/mol. The van der Waals surface area contributed by atoms with Crippen molar-refractivity contribution in [3.63, 3.8) is 0 Å². The van der Waals surface area contributed by atoms with Crippen LogP contribution < -0.4 is 0 Å². The molecule has 0 fully saturated rings. The van der Waals surface area contributed by atoms with Gasteiger partial charge in [0, 0.05) is 34.2 Å². The molecule has 0 atom stereocenters. The number of sulfone groups is 1. The number of hydrogen-bond acceptors (Lipinski definition) is 2. The molecule has 0 aromatic heterocycles. The SMILES string of the molecule is CS(=O)(=O)CCCC(CCl)(CCl)c1ccccc1Cl. The molecule has 0 aliphatic rings. The lowest BCUT2D eigenvalue weighted by Crippen LogP contribution is -2.31. The van der Waals surface area contributed by atoms with Crippen LogP contribution in [0.1, 0.15) is 18.4 Å². The fourth-order valence-electron chi connectivity index (χ4n) is 2.01. The minimum absolute atomic E-state index is 0.132. The van der Waals surface area contributed by atoms with E-state index in [0.717, 1.165) is 5.56 Å². The number of hydrogen-bond donors (Lipinski definition) is 0. The van der Waals surface area contributed by atoms with Crippen LogP contribution in [0.5, 0.6) is 0 Å². The standard InChI is InChI=1S/C13H17Cl3O2S/c1-19(17,18)8-4-7-13(9-14,10-15)11-5-2-3-6-12(11)16/h2-3,5-6H,4,7-10H2,1H3. The van der Waals surface area contributed by atoms with Crippen molar-refractivity contribution >= 4 is 44.6 Å².